The zero-order valence-corrected chi connectivity index (χ0v) is 9.90. The molecule has 4 heteroatoms. The zero-order valence-electron chi connectivity index (χ0n) is 9.90. The van der Waals surface area contributed by atoms with Gasteiger partial charge in [0.15, 0.2) is 5.65 Å². The lowest BCUT2D eigenvalue weighted by molar-refractivity contribution is 0.617. The fourth-order valence-corrected chi connectivity index (χ4v) is 1.76. The molecule has 0 fully saturated rings. The van der Waals surface area contributed by atoms with Crippen molar-refractivity contribution >= 4 is 11.0 Å². The minimum Gasteiger partial charge on any atom is -0.313 e. The molecule has 4 nitrogen and oxygen atoms in total. The van der Waals surface area contributed by atoms with Crippen molar-refractivity contribution in [3.63, 3.8) is 0 Å². The summed E-state index contributed by atoms with van der Waals surface area (Å²) in [6.45, 7) is 7.03. The largest absolute Gasteiger partial charge is 0.313 e. The predicted octanol–water partition coefficient (Wildman–Crippen LogP) is 1.95. The van der Waals surface area contributed by atoms with Gasteiger partial charge in [0.2, 0.25) is 0 Å². The Morgan fingerprint density at radius 3 is 2.94 bits per heavy atom. The van der Waals surface area contributed by atoms with Gasteiger partial charge in [0.05, 0.1) is 6.20 Å². The normalized spacial score (nSPS) is 11.1. The van der Waals surface area contributed by atoms with E-state index in [0.717, 1.165) is 37.1 Å². The standard InChI is InChI=1S/C12H18N4/c1-3-5-16-12-11(9-15-16)6-10(8-14-12)7-13-4-2/h6,8-9,13H,3-5,7H2,1-2H3. The molecule has 2 aromatic rings. The van der Waals surface area contributed by atoms with Crippen molar-refractivity contribution in [2.75, 3.05) is 6.54 Å². The van der Waals surface area contributed by atoms with E-state index in [1.165, 1.54) is 5.56 Å². The molecule has 2 heterocycles. The second kappa shape index (κ2) is 5.07. The summed E-state index contributed by atoms with van der Waals surface area (Å²) in [6.07, 6.45) is 4.91. The van der Waals surface area contributed by atoms with E-state index in [2.05, 4.69) is 35.3 Å². The molecule has 0 spiro atoms. The van der Waals surface area contributed by atoms with E-state index < -0.39 is 0 Å². The number of rotatable bonds is 5. The van der Waals surface area contributed by atoms with Crippen LogP contribution in [0.15, 0.2) is 18.5 Å². The highest BCUT2D eigenvalue weighted by atomic mass is 15.3. The minimum absolute atomic E-state index is 0.873. The Labute approximate surface area is 95.7 Å². The van der Waals surface area contributed by atoms with Crippen LogP contribution in [-0.2, 0) is 13.1 Å². The Hall–Kier alpha value is -1.42. The Balaban J connectivity index is 2.26. The van der Waals surface area contributed by atoms with Crippen LogP contribution in [0.25, 0.3) is 11.0 Å². The minimum atomic E-state index is 0.873. The molecule has 2 rings (SSSR count). The number of nitrogens with zero attached hydrogens (tertiary/aromatic N) is 3. The molecule has 86 valence electrons. The van der Waals surface area contributed by atoms with Crippen molar-refractivity contribution in [1.82, 2.24) is 20.1 Å². The summed E-state index contributed by atoms with van der Waals surface area (Å²) in [5.74, 6) is 0. The van der Waals surface area contributed by atoms with Gasteiger partial charge < -0.3 is 5.32 Å². The van der Waals surface area contributed by atoms with E-state index in [-0.39, 0.29) is 0 Å². The molecule has 16 heavy (non-hydrogen) atoms. The quantitative estimate of drug-likeness (QED) is 0.834. The van der Waals surface area contributed by atoms with Gasteiger partial charge in [0.25, 0.3) is 0 Å². The van der Waals surface area contributed by atoms with E-state index >= 15 is 0 Å². The lowest BCUT2D eigenvalue weighted by Gasteiger charge is -2.03. The first kappa shape index (κ1) is 11.1. The van der Waals surface area contributed by atoms with Crippen LogP contribution in [0.4, 0.5) is 0 Å². The van der Waals surface area contributed by atoms with E-state index in [9.17, 15) is 0 Å². The molecule has 0 amide bonds. The molecule has 0 saturated carbocycles. The molecule has 0 atom stereocenters. The van der Waals surface area contributed by atoms with Crippen molar-refractivity contribution < 1.29 is 0 Å². The molecule has 0 aliphatic carbocycles. The first-order valence-electron chi connectivity index (χ1n) is 5.86. The Morgan fingerprint density at radius 1 is 1.31 bits per heavy atom. The van der Waals surface area contributed by atoms with Gasteiger partial charge in [-0.2, -0.15) is 5.10 Å². The zero-order chi connectivity index (χ0) is 11.4. The van der Waals surface area contributed by atoms with Crippen LogP contribution in [0.5, 0.6) is 0 Å². The highest BCUT2D eigenvalue weighted by molar-refractivity contribution is 5.74. The van der Waals surface area contributed by atoms with E-state index in [1.807, 2.05) is 17.1 Å². The molecule has 0 aliphatic heterocycles. The van der Waals surface area contributed by atoms with Gasteiger partial charge >= 0.3 is 0 Å². The summed E-state index contributed by atoms with van der Waals surface area (Å²) in [5.41, 5.74) is 2.20. The SMILES string of the molecule is CCCn1ncc2cc(CNCC)cnc21. The van der Waals surface area contributed by atoms with Crippen LogP contribution >= 0.6 is 0 Å². The van der Waals surface area contributed by atoms with E-state index in [0.29, 0.717) is 0 Å². The van der Waals surface area contributed by atoms with Crippen LogP contribution in [-0.4, -0.2) is 21.3 Å². The van der Waals surface area contributed by atoms with E-state index in [4.69, 9.17) is 0 Å². The number of nitrogens with one attached hydrogen (secondary N) is 1. The van der Waals surface area contributed by atoms with Gasteiger partial charge in [-0.1, -0.05) is 13.8 Å². The Morgan fingerprint density at radius 2 is 2.19 bits per heavy atom. The summed E-state index contributed by atoms with van der Waals surface area (Å²) in [4.78, 5) is 4.47. The number of pyridine rings is 1. The number of aromatic nitrogens is 3. The van der Waals surface area contributed by atoms with Crippen LogP contribution in [0.2, 0.25) is 0 Å². The Kier molecular flexibility index (Phi) is 3.51. The fourth-order valence-electron chi connectivity index (χ4n) is 1.76. The maximum atomic E-state index is 4.47. The van der Waals surface area contributed by atoms with Crippen LogP contribution in [0.3, 0.4) is 0 Å². The smallest absolute Gasteiger partial charge is 0.157 e. The van der Waals surface area contributed by atoms with Crippen molar-refractivity contribution in [3.05, 3.63) is 24.0 Å². The van der Waals surface area contributed by atoms with Crippen molar-refractivity contribution in [2.45, 2.75) is 33.4 Å². The molecular formula is C12H18N4. The number of fused-ring (bicyclic) bond motifs is 1. The molecule has 0 unspecified atom stereocenters. The number of aryl methyl sites for hydroxylation is 1. The van der Waals surface area contributed by atoms with Crippen LogP contribution in [0, 0.1) is 0 Å². The molecule has 0 aliphatic rings. The third kappa shape index (κ3) is 2.22. The monoisotopic (exact) mass is 218 g/mol. The molecule has 1 N–H and O–H groups in total. The summed E-state index contributed by atoms with van der Waals surface area (Å²) in [7, 11) is 0. The highest BCUT2D eigenvalue weighted by Gasteiger charge is 2.03. The average molecular weight is 218 g/mol. The van der Waals surface area contributed by atoms with Gasteiger partial charge in [-0.05, 0) is 24.6 Å². The topological polar surface area (TPSA) is 42.7 Å². The highest BCUT2D eigenvalue weighted by Crippen LogP contribution is 2.13. The van der Waals surface area contributed by atoms with Gasteiger partial charge in [0.1, 0.15) is 0 Å². The molecule has 0 saturated heterocycles. The van der Waals surface area contributed by atoms with Crippen LogP contribution < -0.4 is 5.32 Å². The van der Waals surface area contributed by atoms with Crippen LogP contribution in [0.1, 0.15) is 25.8 Å². The summed E-state index contributed by atoms with van der Waals surface area (Å²) < 4.78 is 1.96. The fraction of sp³-hybridized carbons (Fsp3) is 0.500. The van der Waals surface area contributed by atoms with Crippen molar-refractivity contribution in [3.8, 4) is 0 Å². The molecular weight excluding hydrogens is 200 g/mol. The lowest BCUT2D eigenvalue weighted by Crippen LogP contribution is -2.11. The summed E-state index contributed by atoms with van der Waals surface area (Å²) in [6, 6.07) is 2.16. The maximum absolute atomic E-state index is 4.47. The van der Waals surface area contributed by atoms with Gasteiger partial charge in [0, 0.05) is 24.7 Å². The van der Waals surface area contributed by atoms with E-state index in [1.54, 1.807) is 0 Å². The van der Waals surface area contributed by atoms with Gasteiger partial charge in [-0.25, -0.2) is 9.67 Å². The van der Waals surface area contributed by atoms with Gasteiger partial charge in [-0.3, -0.25) is 0 Å². The first-order valence-corrected chi connectivity index (χ1v) is 5.86. The molecule has 0 aromatic carbocycles. The Bertz CT molecular complexity index is 461. The average Bonchev–Trinajstić information content (AvgIpc) is 2.70. The third-order valence-corrected chi connectivity index (χ3v) is 2.55. The number of hydrogen-bond acceptors (Lipinski definition) is 3. The second-order valence-corrected chi connectivity index (χ2v) is 3.90. The first-order chi connectivity index (χ1) is 7.85. The molecule has 2 aromatic heterocycles. The van der Waals surface area contributed by atoms with Gasteiger partial charge in [-0.15, -0.1) is 0 Å². The number of hydrogen-bond donors (Lipinski definition) is 1. The molecule has 0 radical (unpaired) electrons. The third-order valence-electron chi connectivity index (χ3n) is 2.55. The second-order valence-electron chi connectivity index (χ2n) is 3.90. The summed E-state index contributed by atoms with van der Waals surface area (Å²) >= 11 is 0. The summed E-state index contributed by atoms with van der Waals surface area (Å²) in [5, 5.41) is 8.76. The predicted molar refractivity (Wildman–Crippen MR) is 65.2 cm³/mol. The lowest BCUT2D eigenvalue weighted by atomic mass is 10.2. The maximum Gasteiger partial charge on any atom is 0.157 e. The molecule has 0 bridgehead atoms. The van der Waals surface area contributed by atoms with Crippen molar-refractivity contribution in [1.29, 1.82) is 0 Å². The van der Waals surface area contributed by atoms with Crippen molar-refractivity contribution in [2.24, 2.45) is 0 Å².